The van der Waals surface area contributed by atoms with Crippen LogP contribution >= 0.6 is 15.9 Å². The molecule has 0 aliphatic heterocycles. The van der Waals surface area contributed by atoms with Crippen LogP contribution < -0.4 is 10.5 Å². The minimum Gasteiger partial charge on any atom is -0.438 e. The molecule has 1 aromatic carbocycles. The summed E-state index contributed by atoms with van der Waals surface area (Å²) in [6, 6.07) is 11.8. The number of hydrogen-bond acceptors (Lipinski definition) is 3. The molecule has 3 nitrogen and oxygen atoms in total. The summed E-state index contributed by atoms with van der Waals surface area (Å²) in [6.07, 6.45) is 3.43. The molecule has 1 atom stereocenters. The zero-order valence-corrected chi connectivity index (χ0v) is 12.4. The van der Waals surface area contributed by atoms with Crippen LogP contribution in [0.25, 0.3) is 0 Å². The van der Waals surface area contributed by atoms with Gasteiger partial charge in [0.05, 0.1) is 4.47 Å². The van der Waals surface area contributed by atoms with Crippen LogP contribution in [-0.2, 0) is 6.42 Å². The number of pyridine rings is 1. The molecule has 100 valence electrons. The van der Waals surface area contributed by atoms with Gasteiger partial charge >= 0.3 is 0 Å². The normalized spacial score (nSPS) is 12.2. The van der Waals surface area contributed by atoms with E-state index in [1.165, 1.54) is 0 Å². The van der Waals surface area contributed by atoms with Crippen molar-refractivity contribution in [3.63, 3.8) is 0 Å². The summed E-state index contributed by atoms with van der Waals surface area (Å²) < 4.78 is 6.78. The van der Waals surface area contributed by atoms with Gasteiger partial charge in [0.25, 0.3) is 0 Å². The zero-order chi connectivity index (χ0) is 13.7. The first-order chi connectivity index (χ1) is 9.20. The Kier molecular flexibility index (Phi) is 4.93. The van der Waals surface area contributed by atoms with Crippen molar-refractivity contribution in [2.45, 2.75) is 25.8 Å². The van der Waals surface area contributed by atoms with E-state index in [2.05, 4.69) is 27.8 Å². The van der Waals surface area contributed by atoms with E-state index in [0.29, 0.717) is 5.88 Å². The van der Waals surface area contributed by atoms with Crippen molar-refractivity contribution < 1.29 is 4.74 Å². The Balaban J connectivity index is 2.23. The lowest BCUT2D eigenvalue weighted by molar-refractivity contribution is 0.450. The van der Waals surface area contributed by atoms with Gasteiger partial charge in [0.1, 0.15) is 5.75 Å². The first kappa shape index (κ1) is 14.0. The average Bonchev–Trinajstić information content (AvgIpc) is 2.43. The van der Waals surface area contributed by atoms with E-state index in [0.717, 1.165) is 28.6 Å². The lowest BCUT2D eigenvalue weighted by Gasteiger charge is -2.13. The molecule has 2 N–H and O–H groups in total. The van der Waals surface area contributed by atoms with E-state index in [9.17, 15) is 0 Å². The minimum absolute atomic E-state index is 0.130. The molecule has 0 radical (unpaired) electrons. The lowest BCUT2D eigenvalue weighted by Crippen LogP contribution is -2.21. The molecule has 1 unspecified atom stereocenters. The molecule has 0 fully saturated rings. The number of hydrogen-bond donors (Lipinski definition) is 1. The molecule has 19 heavy (non-hydrogen) atoms. The highest BCUT2D eigenvalue weighted by Gasteiger charge is 2.10. The summed E-state index contributed by atoms with van der Waals surface area (Å²) in [5.74, 6) is 1.38. The minimum atomic E-state index is 0.130. The van der Waals surface area contributed by atoms with Crippen molar-refractivity contribution >= 4 is 15.9 Å². The fourth-order valence-electron chi connectivity index (χ4n) is 1.73. The van der Waals surface area contributed by atoms with Crippen LogP contribution in [-0.4, -0.2) is 11.0 Å². The third-order valence-corrected chi connectivity index (χ3v) is 3.55. The van der Waals surface area contributed by atoms with Crippen molar-refractivity contribution in [2.75, 3.05) is 0 Å². The molecular weight excluding hydrogens is 304 g/mol. The maximum atomic E-state index is 6.00. The molecular formula is C15H17BrN2O. The molecule has 0 aliphatic rings. The van der Waals surface area contributed by atoms with Crippen LogP contribution in [0.1, 0.15) is 18.9 Å². The fraction of sp³-hybridized carbons (Fsp3) is 0.267. The van der Waals surface area contributed by atoms with E-state index in [4.69, 9.17) is 10.5 Å². The summed E-state index contributed by atoms with van der Waals surface area (Å²) in [5, 5.41) is 0. The molecule has 1 heterocycles. The highest BCUT2D eigenvalue weighted by molar-refractivity contribution is 9.10. The molecule has 0 saturated heterocycles. The second-order valence-electron chi connectivity index (χ2n) is 4.37. The molecule has 0 spiro atoms. The van der Waals surface area contributed by atoms with Crippen molar-refractivity contribution in [1.29, 1.82) is 0 Å². The quantitative estimate of drug-likeness (QED) is 0.908. The number of ether oxygens (including phenoxy) is 1. The third-order valence-electron chi connectivity index (χ3n) is 2.90. The average molecular weight is 321 g/mol. The van der Waals surface area contributed by atoms with Crippen LogP contribution in [0.15, 0.2) is 47.1 Å². The van der Waals surface area contributed by atoms with Gasteiger partial charge in [0.15, 0.2) is 0 Å². The van der Waals surface area contributed by atoms with Gasteiger partial charge in [-0.3, -0.25) is 0 Å². The van der Waals surface area contributed by atoms with E-state index in [-0.39, 0.29) is 6.04 Å². The molecule has 0 amide bonds. The maximum absolute atomic E-state index is 6.00. The van der Waals surface area contributed by atoms with Crippen LogP contribution in [0.4, 0.5) is 0 Å². The first-order valence-corrected chi connectivity index (χ1v) is 7.12. The Morgan fingerprint density at radius 2 is 2.05 bits per heavy atom. The number of halogens is 1. The van der Waals surface area contributed by atoms with E-state index in [1.54, 1.807) is 6.20 Å². The largest absolute Gasteiger partial charge is 0.438 e. The molecule has 0 aliphatic carbocycles. The fourth-order valence-corrected chi connectivity index (χ4v) is 2.10. The molecule has 2 rings (SSSR count). The summed E-state index contributed by atoms with van der Waals surface area (Å²) in [5.41, 5.74) is 7.04. The Morgan fingerprint density at radius 3 is 2.79 bits per heavy atom. The molecule has 2 aromatic rings. The summed E-state index contributed by atoms with van der Waals surface area (Å²) in [7, 11) is 0. The maximum Gasteiger partial charge on any atom is 0.222 e. The lowest BCUT2D eigenvalue weighted by atomic mass is 10.1. The standard InChI is InChI=1S/C15H17BrN2O/c1-2-12(17)10-11-6-5-9-18-15(11)19-14-8-4-3-7-13(14)16/h3-9,12H,2,10,17H2,1H3. The van der Waals surface area contributed by atoms with Gasteiger partial charge in [0, 0.05) is 17.8 Å². The topological polar surface area (TPSA) is 48.1 Å². The zero-order valence-electron chi connectivity index (χ0n) is 10.8. The molecule has 0 bridgehead atoms. The second kappa shape index (κ2) is 6.68. The Morgan fingerprint density at radius 1 is 1.26 bits per heavy atom. The van der Waals surface area contributed by atoms with Crippen LogP contribution in [0.2, 0.25) is 0 Å². The van der Waals surface area contributed by atoms with Gasteiger partial charge in [-0.05, 0) is 47.0 Å². The monoisotopic (exact) mass is 320 g/mol. The Labute approximate surface area is 121 Å². The number of rotatable bonds is 5. The van der Waals surface area contributed by atoms with Gasteiger partial charge in [-0.1, -0.05) is 25.1 Å². The van der Waals surface area contributed by atoms with Crippen molar-refractivity contribution in [1.82, 2.24) is 4.98 Å². The number of nitrogens with two attached hydrogens (primary N) is 1. The van der Waals surface area contributed by atoms with Gasteiger partial charge < -0.3 is 10.5 Å². The van der Waals surface area contributed by atoms with Crippen LogP contribution in [0.3, 0.4) is 0 Å². The number of nitrogens with zero attached hydrogens (tertiary/aromatic N) is 1. The highest BCUT2D eigenvalue weighted by atomic mass is 79.9. The molecule has 0 saturated carbocycles. The smallest absolute Gasteiger partial charge is 0.222 e. The summed E-state index contributed by atoms with van der Waals surface area (Å²) in [6.45, 7) is 2.08. The predicted octanol–water partition coefficient (Wildman–Crippen LogP) is 3.92. The van der Waals surface area contributed by atoms with Crippen LogP contribution in [0, 0.1) is 0 Å². The van der Waals surface area contributed by atoms with Gasteiger partial charge in [-0.15, -0.1) is 0 Å². The Hall–Kier alpha value is -1.39. The first-order valence-electron chi connectivity index (χ1n) is 6.32. The van der Waals surface area contributed by atoms with E-state index in [1.807, 2.05) is 36.4 Å². The highest BCUT2D eigenvalue weighted by Crippen LogP contribution is 2.30. The number of benzene rings is 1. The van der Waals surface area contributed by atoms with E-state index >= 15 is 0 Å². The summed E-state index contributed by atoms with van der Waals surface area (Å²) in [4.78, 5) is 4.30. The van der Waals surface area contributed by atoms with Crippen LogP contribution in [0.5, 0.6) is 11.6 Å². The number of aromatic nitrogens is 1. The molecule has 1 aromatic heterocycles. The Bertz CT molecular complexity index is 545. The van der Waals surface area contributed by atoms with Gasteiger partial charge in [-0.25, -0.2) is 4.98 Å². The van der Waals surface area contributed by atoms with Crippen molar-refractivity contribution in [3.05, 3.63) is 52.6 Å². The van der Waals surface area contributed by atoms with Gasteiger partial charge in [-0.2, -0.15) is 0 Å². The summed E-state index contributed by atoms with van der Waals surface area (Å²) >= 11 is 3.47. The van der Waals surface area contributed by atoms with Crippen molar-refractivity contribution in [3.8, 4) is 11.6 Å². The molecule has 4 heteroatoms. The van der Waals surface area contributed by atoms with E-state index < -0.39 is 0 Å². The SMILES string of the molecule is CCC(N)Cc1cccnc1Oc1ccccc1Br. The number of para-hydroxylation sites is 1. The predicted molar refractivity (Wildman–Crippen MR) is 80.4 cm³/mol. The third kappa shape index (κ3) is 3.78. The van der Waals surface area contributed by atoms with Crippen molar-refractivity contribution in [2.24, 2.45) is 5.73 Å². The van der Waals surface area contributed by atoms with Gasteiger partial charge in [0.2, 0.25) is 5.88 Å². The second-order valence-corrected chi connectivity index (χ2v) is 5.23.